The molecule has 2 aromatic heterocycles. The number of aromatic nitrogens is 2. The van der Waals surface area contributed by atoms with Gasteiger partial charge in [0.2, 0.25) is 5.82 Å². The second-order valence-corrected chi connectivity index (χ2v) is 6.75. The molecule has 0 spiro atoms. The Hall–Kier alpha value is -2.73. The van der Waals surface area contributed by atoms with Crippen LogP contribution in [-0.2, 0) is 4.79 Å². The van der Waals surface area contributed by atoms with Crippen LogP contribution < -0.4 is 5.11 Å². The highest BCUT2D eigenvalue weighted by molar-refractivity contribution is 7.08. The molecule has 128 valence electrons. The van der Waals surface area contributed by atoms with Gasteiger partial charge in [0, 0.05) is 28.9 Å². The first kappa shape index (κ1) is 17.1. The van der Waals surface area contributed by atoms with Gasteiger partial charge in [-0.3, -0.25) is 0 Å². The predicted molar refractivity (Wildman–Crippen MR) is 95.6 cm³/mol. The first-order valence-corrected chi connectivity index (χ1v) is 8.84. The summed E-state index contributed by atoms with van der Waals surface area (Å²) in [7, 11) is 0. The quantitative estimate of drug-likeness (QED) is 0.676. The Morgan fingerprint density at radius 2 is 2.04 bits per heavy atom. The molecule has 3 aromatic rings. The van der Waals surface area contributed by atoms with Gasteiger partial charge in [-0.25, -0.2) is 0 Å². The van der Waals surface area contributed by atoms with Crippen molar-refractivity contribution >= 4 is 29.0 Å². The Morgan fingerprint density at radius 1 is 1.28 bits per heavy atom. The fourth-order valence-electron chi connectivity index (χ4n) is 2.39. The largest absolute Gasteiger partial charge is 0.550 e. The van der Waals surface area contributed by atoms with E-state index in [9.17, 15) is 9.90 Å². The number of hydrogen-bond acceptors (Lipinski definition) is 6. The highest BCUT2D eigenvalue weighted by Crippen LogP contribution is 2.25. The number of benzene rings is 1. The number of aliphatic carboxylic acids is 1. The van der Waals surface area contributed by atoms with E-state index in [0.717, 1.165) is 11.1 Å². The van der Waals surface area contributed by atoms with Crippen LogP contribution in [-0.4, -0.2) is 16.1 Å². The summed E-state index contributed by atoms with van der Waals surface area (Å²) in [6, 6.07) is 9.82. The molecule has 0 fully saturated rings. The van der Waals surface area contributed by atoms with E-state index < -0.39 is 5.97 Å². The minimum Gasteiger partial charge on any atom is -0.550 e. The normalized spacial score (nSPS) is 11.9. The van der Waals surface area contributed by atoms with E-state index in [4.69, 9.17) is 4.52 Å². The maximum atomic E-state index is 11.1. The number of carboxylic acid groups (broad SMARTS) is 1. The van der Waals surface area contributed by atoms with Crippen LogP contribution in [0.4, 0.5) is 0 Å². The molecular weight excluding hydrogens is 336 g/mol. The summed E-state index contributed by atoms with van der Waals surface area (Å²) in [5, 5.41) is 18.9. The fourth-order valence-corrected chi connectivity index (χ4v) is 3.02. The number of thiophene rings is 1. The summed E-state index contributed by atoms with van der Waals surface area (Å²) in [6.07, 6.45) is 1.45. The molecule has 1 aromatic carbocycles. The Kier molecular flexibility index (Phi) is 5.09. The molecule has 5 nitrogen and oxygen atoms in total. The van der Waals surface area contributed by atoms with Crippen LogP contribution >= 0.6 is 11.3 Å². The second kappa shape index (κ2) is 7.44. The highest BCUT2D eigenvalue weighted by Gasteiger charge is 2.14. The van der Waals surface area contributed by atoms with E-state index in [2.05, 4.69) is 24.0 Å². The lowest BCUT2D eigenvalue weighted by Gasteiger charge is -2.07. The first-order chi connectivity index (χ1) is 12.0. The van der Waals surface area contributed by atoms with Crippen molar-refractivity contribution < 1.29 is 14.4 Å². The van der Waals surface area contributed by atoms with Crippen molar-refractivity contribution in [2.75, 3.05) is 0 Å². The standard InChI is InChI=1S/C19H18N2O3S/c1-12(2)14-5-3-13(4-6-14)9-16(10-17(22)23)19-20-18(21-24-19)15-7-8-25-11-15/h3-9,11-12H,10H2,1-2H3,(H,22,23)/p-1/b16-9+. The van der Waals surface area contributed by atoms with Gasteiger partial charge in [-0.2, -0.15) is 16.3 Å². The van der Waals surface area contributed by atoms with Crippen LogP contribution in [0.1, 0.15) is 43.2 Å². The molecule has 3 rings (SSSR count). The van der Waals surface area contributed by atoms with Crippen LogP contribution in [0.5, 0.6) is 0 Å². The average Bonchev–Trinajstić information content (AvgIpc) is 3.25. The average molecular weight is 353 g/mol. The van der Waals surface area contributed by atoms with Crippen molar-refractivity contribution in [3.63, 3.8) is 0 Å². The summed E-state index contributed by atoms with van der Waals surface area (Å²) >= 11 is 1.53. The zero-order valence-corrected chi connectivity index (χ0v) is 14.7. The minimum absolute atomic E-state index is 0.193. The van der Waals surface area contributed by atoms with Crippen molar-refractivity contribution in [1.82, 2.24) is 10.1 Å². The summed E-state index contributed by atoms with van der Waals surface area (Å²) < 4.78 is 5.27. The number of hydrogen-bond donors (Lipinski definition) is 0. The molecular formula is C19H17N2O3S-. The molecule has 0 saturated carbocycles. The van der Waals surface area contributed by atoms with Gasteiger partial charge in [0.05, 0.1) is 0 Å². The Labute approximate surface area is 149 Å². The molecule has 6 heteroatoms. The maximum absolute atomic E-state index is 11.1. The number of nitrogens with zero attached hydrogens (tertiary/aromatic N) is 2. The van der Waals surface area contributed by atoms with Crippen LogP contribution in [0, 0.1) is 0 Å². The van der Waals surface area contributed by atoms with Crippen molar-refractivity contribution in [2.24, 2.45) is 0 Å². The molecule has 0 unspecified atom stereocenters. The Balaban J connectivity index is 1.93. The van der Waals surface area contributed by atoms with Gasteiger partial charge in [-0.15, -0.1) is 0 Å². The van der Waals surface area contributed by atoms with Gasteiger partial charge in [-0.1, -0.05) is 43.3 Å². The van der Waals surface area contributed by atoms with Gasteiger partial charge in [0.15, 0.2) is 0 Å². The predicted octanol–water partition coefficient (Wildman–Crippen LogP) is 3.60. The van der Waals surface area contributed by atoms with Gasteiger partial charge in [-0.05, 0) is 34.6 Å². The lowest BCUT2D eigenvalue weighted by Crippen LogP contribution is -2.22. The van der Waals surface area contributed by atoms with Crippen LogP contribution in [0.3, 0.4) is 0 Å². The lowest BCUT2D eigenvalue weighted by atomic mass is 10.0. The third-order valence-corrected chi connectivity index (χ3v) is 4.44. The van der Waals surface area contributed by atoms with Crippen molar-refractivity contribution in [2.45, 2.75) is 26.2 Å². The lowest BCUT2D eigenvalue weighted by molar-refractivity contribution is -0.304. The Morgan fingerprint density at radius 3 is 2.64 bits per heavy atom. The van der Waals surface area contributed by atoms with E-state index >= 15 is 0 Å². The first-order valence-electron chi connectivity index (χ1n) is 7.90. The zero-order valence-electron chi connectivity index (χ0n) is 13.9. The number of carboxylic acids is 1. The summed E-state index contributed by atoms with van der Waals surface area (Å²) in [5.74, 6) is -0.126. The molecule has 0 atom stereocenters. The minimum atomic E-state index is -1.19. The molecule has 0 N–H and O–H groups in total. The van der Waals surface area contributed by atoms with Crippen molar-refractivity contribution in [3.8, 4) is 11.4 Å². The molecule has 0 amide bonds. The number of carbonyl (C=O) groups excluding carboxylic acids is 1. The van der Waals surface area contributed by atoms with Crippen LogP contribution in [0.25, 0.3) is 23.0 Å². The SMILES string of the molecule is CC(C)c1ccc(/C=C(\CC(=O)[O-])c2nc(-c3ccsc3)no2)cc1. The van der Waals surface area contributed by atoms with Crippen molar-refractivity contribution in [3.05, 3.63) is 58.1 Å². The van der Waals surface area contributed by atoms with Crippen molar-refractivity contribution in [1.29, 1.82) is 0 Å². The number of rotatable bonds is 6. The number of carbonyl (C=O) groups is 1. The van der Waals surface area contributed by atoms with E-state index in [0.29, 0.717) is 17.3 Å². The third-order valence-electron chi connectivity index (χ3n) is 3.76. The van der Waals surface area contributed by atoms with Crippen LogP contribution in [0.2, 0.25) is 0 Å². The van der Waals surface area contributed by atoms with E-state index in [1.54, 1.807) is 6.08 Å². The van der Waals surface area contributed by atoms with Gasteiger partial charge >= 0.3 is 0 Å². The molecule has 0 aliphatic heterocycles. The molecule has 0 bridgehead atoms. The third kappa shape index (κ3) is 4.22. The molecule has 0 saturated heterocycles. The molecule has 0 aliphatic carbocycles. The van der Waals surface area contributed by atoms with E-state index in [1.807, 2.05) is 41.1 Å². The fraction of sp³-hybridized carbons (Fsp3) is 0.211. The molecule has 2 heterocycles. The summed E-state index contributed by atoms with van der Waals surface area (Å²) in [5.41, 5.74) is 3.35. The zero-order chi connectivity index (χ0) is 17.8. The topological polar surface area (TPSA) is 79.0 Å². The van der Waals surface area contributed by atoms with Crippen LogP contribution in [0.15, 0.2) is 45.6 Å². The summed E-state index contributed by atoms with van der Waals surface area (Å²) in [6.45, 7) is 4.24. The smallest absolute Gasteiger partial charge is 0.254 e. The summed E-state index contributed by atoms with van der Waals surface area (Å²) in [4.78, 5) is 15.4. The van der Waals surface area contributed by atoms with Gasteiger partial charge in [0.1, 0.15) is 0 Å². The van der Waals surface area contributed by atoms with Gasteiger partial charge < -0.3 is 14.4 Å². The molecule has 0 radical (unpaired) electrons. The molecule has 25 heavy (non-hydrogen) atoms. The maximum Gasteiger partial charge on any atom is 0.254 e. The highest BCUT2D eigenvalue weighted by atomic mass is 32.1. The second-order valence-electron chi connectivity index (χ2n) is 5.97. The van der Waals surface area contributed by atoms with E-state index in [1.165, 1.54) is 16.9 Å². The molecule has 0 aliphatic rings. The Bertz CT molecular complexity index is 878. The van der Waals surface area contributed by atoms with E-state index in [-0.39, 0.29) is 12.3 Å². The monoisotopic (exact) mass is 353 g/mol. The van der Waals surface area contributed by atoms with Gasteiger partial charge in [0.25, 0.3) is 5.89 Å².